The van der Waals surface area contributed by atoms with Gasteiger partial charge in [-0.3, -0.25) is 4.79 Å². The third kappa shape index (κ3) is 3.42. The largest absolute Gasteiger partial charge is 0.342 e. The predicted molar refractivity (Wildman–Crippen MR) is 93.4 cm³/mol. The molecule has 1 saturated heterocycles. The van der Waals surface area contributed by atoms with Gasteiger partial charge in [0.15, 0.2) is 0 Å². The van der Waals surface area contributed by atoms with Crippen LogP contribution in [0.15, 0.2) is 42.5 Å². The fourth-order valence-corrected chi connectivity index (χ4v) is 3.01. The van der Waals surface area contributed by atoms with Crippen LogP contribution in [0.2, 0.25) is 0 Å². The van der Waals surface area contributed by atoms with Crippen molar-refractivity contribution in [1.29, 1.82) is 0 Å². The van der Waals surface area contributed by atoms with Crippen molar-refractivity contribution >= 4 is 29.1 Å². The van der Waals surface area contributed by atoms with Crippen molar-refractivity contribution in [3.8, 4) is 0 Å². The minimum Gasteiger partial charge on any atom is -0.342 e. The molecule has 3 nitrogen and oxygen atoms in total. The highest BCUT2D eigenvalue weighted by Gasteiger charge is 2.25. The third-order valence-electron chi connectivity index (χ3n) is 4.50. The topological polar surface area (TPSA) is 46.3 Å². The lowest BCUT2D eigenvalue weighted by Gasteiger charge is -2.32. The summed E-state index contributed by atoms with van der Waals surface area (Å²) >= 11 is 0. The van der Waals surface area contributed by atoms with Gasteiger partial charge in [0.05, 0.1) is 5.92 Å². The number of fused-ring (bicyclic) bond motifs is 1. The standard InChI is InChI=1S/C18H22N2O.ClH/c1-13(18(21)20-10-8-17(19)9-11-20)15-7-6-14-4-2-3-5-16(14)12-15;/h2-7,12-13,17H,8-11,19H2,1H3;1H. The zero-order valence-electron chi connectivity index (χ0n) is 12.9. The number of rotatable bonds is 2. The van der Waals surface area contributed by atoms with E-state index in [1.54, 1.807) is 0 Å². The van der Waals surface area contributed by atoms with Crippen LogP contribution >= 0.6 is 12.4 Å². The number of amides is 1. The summed E-state index contributed by atoms with van der Waals surface area (Å²) in [4.78, 5) is 14.6. The number of piperidine rings is 1. The molecule has 0 aromatic heterocycles. The monoisotopic (exact) mass is 318 g/mol. The molecule has 0 spiro atoms. The van der Waals surface area contributed by atoms with Crippen molar-refractivity contribution < 1.29 is 4.79 Å². The smallest absolute Gasteiger partial charge is 0.229 e. The highest BCUT2D eigenvalue weighted by molar-refractivity contribution is 5.87. The molecular formula is C18H23ClN2O. The maximum atomic E-state index is 12.6. The molecule has 1 atom stereocenters. The molecule has 118 valence electrons. The summed E-state index contributed by atoms with van der Waals surface area (Å²) < 4.78 is 0. The molecule has 2 aromatic carbocycles. The SMILES string of the molecule is CC(C(=O)N1CCC(N)CC1)c1ccc2ccccc2c1.Cl. The number of carbonyl (C=O) groups excluding carboxylic acids is 1. The minimum absolute atomic E-state index is 0. The summed E-state index contributed by atoms with van der Waals surface area (Å²) in [6.07, 6.45) is 1.83. The van der Waals surface area contributed by atoms with E-state index in [1.807, 2.05) is 24.0 Å². The third-order valence-corrected chi connectivity index (χ3v) is 4.50. The van der Waals surface area contributed by atoms with Gasteiger partial charge in [0, 0.05) is 19.1 Å². The molecule has 1 fully saturated rings. The summed E-state index contributed by atoms with van der Waals surface area (Å²) in [5.74, 6) is 0.126. The van der Waals surface area contributed by atoms with Crippen LogP contribution in [0, 0.1) is 0 Å². The predicted octanol–water partition coefficient (Wildman–Crippen LogP) is 3.31. The first-order valence-electron chi connectivity index (χ1n) is 7.68. The number of hydrogen-bond donors (Lipinski definition) is 1. The average molecular weight is 319 g/mol. The fourth-order valence-electron chi connectivity index (χ4n) is 3.01. The summed E-state index contributed by atoms with van der Waals surface area (Å²) in [6.45, 7) is 3.58. The van der Waals surface area contributed by atoms with Crippen LogP contribution in [0.5, 0.6) is 0 Å². The highest BCUT2D eigenvalue weighted by Crippen LogP contribution is 2.24. The Labute approximate surface area is 137 Å². The van der Waals surface area contributed by atoms with E-state index in [-0.39, 0.29) is 30.3 Å². The Hall–Kier alpha value is -1.58. The molecule has 2 N–H and O–H groups in total. The Balaban J connectivity index is 0.00000176. The first-order chi connectivity index (χ1) is 10.1. The molecule has 3 rings (SSSR count). The van der Waals surface area contributed by atoms with Gasteiger partial charge in [0.1, 0.15) is 0 Å². The fraction of sp³-hybridized carbons (Fsp3) is 0.389. The minimum atomic E-state index is -0.0936. The number of hydrogen-bond acceptors (Lipinski definition) is 2. The van der Waals surface area contributed by atoms with Crippen LogP contribution in [0.25, 0.3) is 10.8 Å². The van der Waals surface area contributed by atoms with Crippen LogP contribution in [-0.2, 0) is 4.79 Å². The van der Waals surface area contributed by atoms with Crippen LogP contribution in [0.4, 0.5) is 0 Å². The molecule has 22 heavy (non-hydrogen) atoms. The van der Waals surface area contributed by atoms with Gasteiger partial charge in [0.25, 0.3) is 0 Å². The van der Waals surface area contributed by atoms with Crippen molar-refractivity contribution in [1.82, 2.24) is 4.90 Å². The summed E-state index contributed by atoms with van der Waals surface area (Å²) in [5.41, 5.74) is 7.00. The van der Waals surface area contributed by atoms with Gasteiger partial charge in [-0.1, -0.05) is 42.5 Å². The number of nitrogens with two attached hydrogens (primary N) is 1. The second-order valence-electron chi connectivity index (χ2n) is 5.99. The van der Waals surface area contributed by atoms with Crippen molar-refractivity contribution in [3.63, 3.8) is 0 Å². The second-order valence-corrected chi connectivity index (χ2v) is 5.99. The Kier molecular flexibility index (Phi) is 5.43. The Morgan fingerprint density at radius 1 is 1.14 bits per heavy atom. The zero-order chi connectivity index (χ0) is 14.8. The zero-order valence-corrected chi connectivity index (χ0v) is 13.7. The molecule has 1 amide bonds. The lowest BCUT2D eigenvalue weighted by Crippen LogP contribution is -2.44. The summed E-state index contributed by atoms with van der Waals surface area (Å²) in [6, 6.07) is 14.8. The van der Waals surface area contributed by atoms with Crippen molar-refractivity contribution in [2.45, 2.75) is 31.7 Å². The maximum absolute atomic E-state index is 12.6. The molecule has 4 heteroatoms. The summed E-state index contributed by atoms with van der Waals surface area (Å²) in [5, 5.41) is 2.40. The van der Waals surface area contributed by atoms with Gasteiger partial charge in [-0.05, 0) is 36.1 Å². The average Bonchev–Trinajstić information content (AvgIpc) is 2.54. The van der Waals surface area contributed by atoms with Crippen LogP contribution in [0.3, 0.4) is 0 Å². The number of nitrogens with zero attached hydrogens (tertiary/aromatic N) is 1. The van der Waals surface area contributed by atoms with E-state index >= 15 is 0 Å². The number of likely N-dealkylation sites (tertiary alicyclic amines) is 1. The first-order valence-corrected chi connectivity index (χ1v) is 7.68. The molecule has 1 heterocycles. The molecule has 1 aliphatic rings. The normalized spacial score (nSPS) is 17.1. The van der Waals surface area contributed by atoms with Gasteiger partial charge in [0.2, 0.25) is 5.91 Å². The Morgan fingerprint density at radius 3 is 2.45 bits per heavy atom. The first kappa shape index (κ1) is 16.8. The lowest BCUT2D eigenvalue weighted by atomic mass is 9.95. The van der Waals surface area contributed by atoms with Gasteiger partial charge >= 0.3 is 0 Å². The number of carbonyl (C=O) groups is 1. The van der Waals surface area contributed by atoms with E-state index in [2.05, 4.69) is 30.3 Å². The van der Waals surface area contributed by atoms with Gasteiger partial charge in [-0.2, -0.15) is 0 Å². The highest BCUT2D eigenvalue weighted by atomic mass is 35.5. The summed E-state index contributed by atoms with van der Waals surface area (Å²) in [7, 11) is 0. The van der Waals surface area contributed by atoms with Crippen molar-refractivity contribution in [2.75, 3.05) is 13.1 Å². The molecule has 1 unspecified atom stereocenters. The van der Waals surface area contributed by atoms with E-state index in [4.69, 9.17) is 5.73 Å². The molecule has 0 radical (unpaired) electrons. The lowest BCUT2D eigenvalue weighted by molar-refractivity contribution is -0.133. The van der Waals surface area contributed by atoms with Gasteiger partial charge in [-0.15, -0.1) is 12.4 Å². The number of benzene rings is 2. The van der Waals surface area contributed by atoms with E-state index in [0.717, 1.165) is 31.5 Å². The van der Waals surface area contributed by atoms with Crippen LogP contribution < -0.4 is 5.73 Å². The van der Waals surface area contributed by atoms with E-state index in [9.17, 15) is 4.79 Å². The van der Waals surface area contributed by atoms with Crippen LogP contribution in [-0.4, -0.2) is 29.9 Å². The van der Waals surface area contributed by atoms with Gasteiger partial charge < -0.3 is 10.6 Å². The molecule has 0 aliphatic carbocycles. The van der Waals surface area contributed by atoms with E-state index in [0.29, 0.717) is 0 Å². The van der Waals surface area contributed by atoms with E-state index < -0.39 is 0 Å². The Bertz CT molecular complexity index is 650. The van der Waals surface area contributed by atoms with Crippen molar-refractivity contribution in [3.05, 3.63) is 48.0 Å². The van der Waals surface area contributed by atoms with Crippen molar-refractivity contribution in [2.24, 2.45) is 5.73 Å². The van der Waals surface area contributed by atoms with Crippen LogP contribution in [0.1, 0.15) is 31.2 Å². The maximum Gasteiger partial charge on any atom is 0.229 e. The second kappa shape index (κ2) is 7.12. The molecular weight excluding hydrogens is 296 g/mol. The quantitative estimate of drug-likeness (QED) is 0.923. The molecule has 0 bridgehead atoms. The van der Waals surface area contributed by atoms with Gasteiger partial charge in [-0.25, -0.2) is 0 Å². The van der Waals surface area contributed by atoms with E-state index in [1.165, 1.54) is 10.8 Å². The molecule has 0 saturated carbocycles. The Morgan fingerprint density at radius 2 is 1.77 bits per heavy atom. The number of halogens is 1. The molecule has 2 aromatic rings. The molecule has 1 aliphatic heterocycles.